The maximum Gasteiger partial charge on any atom is 0.117 e. The maximum atomic E-state index is 5.87. The number of rotatable bonds is 5. The molecule has 0 aromatic carbocycles. The highest BCUT2D eigenvalue weighted by Gasteiger charge is 2.16. The summed E-state index contributed by atoms with van der Waals surface area (Å²) in [6.45, 7) is 10.00. The first-order chi connectivity index (χ1) is 7.69. The van der Waals surface area contributed by atoms with E-state index >= 15 is 0 Å². The van der Waals surface area contributed by atoms with E-state index in [0.717, 1.165) is 5.57 Å². The van der Waals surface area contributed by atoms with Gasteiger partial charge in [-0.25, -0.2) is 0 Å². The van der Waals surface area contributed by atoms with Crippen molar-refractivity contribution < 1.29 is 4.74 Å². The van der Waals surface area contributed by atoms with Crippen LogP contribution < -0.4 is 5.32 Å². The van der Waals surface area contributed by atoms with Crippen LogP contribution in [0.4, 0.5) is 0 Å². The van der Waals surface area contributed by atoms with Gasteiger partial charge >= 0.3 is 0 Å². The normalized spacial score (nSPS) is 19.8. The second-order valence-corrected chi connectivity index (χ2v) is 3.50. The molecule has 0 radical (unpaired) electrons. The van der Waals surface area contributed by atoms with Crippen LogP contribution in [-0.4, -0.2) is 19.0 Å². The Hall–Kier alpha value is -1.48. The third-order valence-corrected chi connectivity index (χ3v) is 2.23. The Kier molecular flexibility index (Phi) is 4.86. The summed E-state index contributed by atoms with van der Waals surface area (Å²) in [6, 6.07) is -0.175. The maximum absolute atomic E-state index is 5.87. The van der Waals surface area contributed by atoms with Crippen molar-refractivity contribution >= 4 is 17.9 Å². The lowest BCUT2D eigenvalue weighted by molar-refractivity contribution is 0.237. The van der Waals surface area contributed by atoms with Crippen molar-refractivity contribution in [2.75, 3.05) is 6.61 Å². The van der Waals surface area contributed by atoms with Gasteiger partial charge < -0.3 is 10.1 Å². The molecule has 0 bridgehead atoms. The minimum Gasteiger partial charge on any atom is -0.494 e. The van der Waals surface area contributed by atoms with Crippen molar-refractivity contribution in [1.29, 1.82) is 0 Å². The third-order valence-electron chi connectivity index (χ3n) is 2.00. The monoisotopic (exact) mass is 238 g/mol. The van der Waals surface area contributed by atoms with Crippen molar-refractivity contribution in [1.82, 2.24) is 5.32 Å². The SMILES string of the molecule is C=CC=C(C(=C)OCC)C1C=C(Cl)NC=N1. The van der Waals surface area contributed by atoms with Gasteiger partial charge in [0.05, 0.1) is 12.9 Å². The summed E-state index contributed by atoms with van der Waals surface area (Å²) in [5.41, 5.74) is 0.854. The molecule has 0 saturated heterocycles. The highest BCUT2D eigenvalue weighted by molar-refractivity contribution is 6.30. The summed E-state index contributed by atoms with van der Waals surface area (Å²) in [5.74, 6) is 0.590. The van der Waals surface area contributed by atoms with Gasteiger partial charge in [-0.05, 0) is 13.0 Å². The number of allylic oxidation sites excluding steroid dienone is 2. The summed E-state index contributed by atoms with van der Waals surface area (Å²) in [7, 11) is 0. The Morgan fingerprint density at radius 3 is 3.06 bits per heavy atom. The number of ether oxygens (including phenoxy) is 1. The fourth-order valence-corrected chi connectivity index (χ4v) is 1.49. The first kappa shape index (κ1) is 12.6. The fraction of sp³-hybridized carbons (Fsp3) is 0.250. The Morgan fingerprint density at radius 2 is 2.50 bits per heavy atom. The smallest absolute Gasteiger partial charge is 0.117 e. The van der Waals surface area contributed by atoms with Crippen molar-refractivity contribution in [3.05, 3.63) is 47.9 Å². The van der Waals surface area contributed by atoms with E-state index in [9.17, 15) is 0 Å². The number of aliphatic imine (C=N–C) groups is 1. The Bertz CT molecular complexity index is 369. The molecule has 16 heavy (non-hydrogen) atoms. The van der Waals surface area contributed by atoms with E-state index in [1.165, 1.54) is 0 Å². The lowest BCUT2D eigenvalue weighted by atomic mass is 10.1. The first-order valence-corrected chi connectivity index (χ1v) is 5.37. The van der Waals surface area contributed by atoms with Gasteiger partial charge in [0.2, 0.25) is 0 Å². The van der Waals surface area contributed by atoms with Crippen LogP contribution in [0.25, 0.3) is 0 Å². The summed E-state index contributed by atoms with van der Waals surface area (Å²) < 4.78 is 5.37. The predicted molar refractivity (Wildman–Crippen MR) is 68.4 cm³/mol. The Balaban J connectivity index is 2.90. The summed E-state index contributed by atoms with van der Waals surface area (Å²) in [4.78, 5) is 4.25. The van der Waals surface area contributed by atoms with Gasteiger partial charge in [-0.3, -0.25) is 4.99 Å². The molecule has 0 aromatic rings. The molecule has 1 aliphatic rings. The molecular weight excluding hydrogens is 224 g/mol. The molecule has 3 nitrogen and oxygen atoms in total. The van der Waals surface area contributed by atoms with Crippen LogP contribution in [0.3, 0.4) is 0 Å². The molecule has 86 valence electrons. The standard InChI is InChI=1S/C12H15ClN2O/c1-4-6-10(9(3)16-5-2)11-7-12(13)15-8-14-11/h4,6-8,11H,1,3,5H2,2H3,(H,14,15). The van der Waals surface area contributed by atoms with Crippen molar-refractivity contribution in [2.24, 2.45) is 4.99 Å². The zero-order valence-electron chi connectivity index (χ0n) is 9.24. The van der Waals surface area contributed by atoms with Gasteiger partial charge in [0.1, 0.15) is 17.0 Å². The summed E-state index contributed by atoms with van der Waals surface area (Å²) in [6.07, 6.45) is 6.86. The number of hydrogen-bond acceptors (Lipinski definition) is 3. The molecule has 0 aliphatic carbocycles. The zero-order chi connectivity index (χ0) is 12.0. The van der Waals surface area contributed by atoms with Gasteiger partial charge in [0, 0.05) is 5.57 Å². The van der Waals surface area contributed by atoms with Crippen LogP contribution in [0.15, 0.2) is 52.9 Å². The first-order valence-electron chi connectivity index (χ1n) is 4.99. The molecule has 0 fully saturated rings. The van der Waals surface area contributed by atoms with Gasteiger partial charge in [0.15, 0.2) is 0 Å². The largest absolute Gasteiger partial charge is 0.494 e. The Morgan fingerprint density at radius 1 is 1.75 bits per heavy atom. The van der Waals surface area contributed by atoms with E-state index in [0.29, 0.717) is 17.5 Å². The lowest BCUT2D eigenvalue weighted by Crippen LogP contribution is -2.20. The van der Waals surface area contributed by atoms with Crippen LogP contribution in [0.2, 0.25) is 0 Å². The predicted octanol–water partition coefficient (Wildman–Crippen LogP) is 2.73. The number of nitrogens with one attached hydrogen (secondary N) is 1. The average molecular weight is 239 g/mol. The van der Waals surface area contributed by atoms with E-state index in [1.54, 1.807) is 18.5 Å². The molecule has 1 N–H and O–H groups in total. The van der Waals surface area contributed by atoms with Crippen molar-refractivity contribution in [2.45, 2.75) is 13.0 Å². The molecule has 0 aromatic heterocycles. The van der Waals surface area contributed by atoms with Gasteiger partial charge in [-0.15, -0.1) is 0 Å². The molecule has 1 atom stereocenters. The molecule has 1 heterocycles. The highest BCUT2D eigenvalue weighted by atomic mass is 35.5. The summed E-state index contributed by atoms with van der Waals surface area (Å²) in [5, 5.41) is 3.33. The molecule has 1 aliphatic heterocycles. The molecule has 1 unspecified atom stereocenters. The fourth-order valence-electron chi connectivity index (χ4n) is 1.32. The summed E-state index contributed by atoms with van der Waals surface area (Å²) >= 11 is 5.87. The van der Waals surface area contributed by atoms with Gasteiger partial charge in [-0.1, -0.05) is 36.9 Å². The second kappa shape index (κ2) is 6.18. The second-order valence-electron chi connectivity index (χ2n) is 3.10. The molecule has 0 amide bonds. The molecular formula is C12H15ClN2O. The van der Waals surface area contributed by atoms with E-state index in [-0.39, 0.29) is 6.04 Å². The molecule has 1 rings (SSSR count). The topological polar surface area (TPSA) is 33.6 Å². The third kappa shape index (κ3) is 3.28. The van der Waals surface area contributed by atoms with Crippen LogP contribution >= 0.6 is 11.6 Å². The minimum absolute atomic E-state index is 0.175. The lowest BCUT2D eigenvalue weighted by Gasteiger charge is -2.18. The quantitative estimate of drug-likeness (QED) is 0.454. The minimum atomic E-state index is -0.175. The van der Waals surface area contributed by atoms with Crippen LogP contribution in [0, 0.1) is 0 Å². The van der Waals surface area contributed by atoms with Crippen LogP contribution in [0.1, 0.15) is 6.92 Å². The van der Waals surface area contributed by atoms with Gasteiger partial charge in [-0.2, -0.15) is 0 Å². The van der Waals surface area contributed by atoms with E-state index < -0.39 is 0 Å². The van der Waals surface area contributed by atoms with Crippen molar-refractivity contribution in [3.63, 3.8) is 0 Å². The average Bonchev–Trinajstić information content (AvgIpc) is 2.26. The molecule has 0 saturated carbocycles. The molecule has 0 spiro atoms. The highest BCUT2D eigenvalue weighted by Crippen LogP contribution is 2.21. The van der Waals surface area contributed by atoms with E-state index in [1.807, 2.05) is 13.0 Å². The molecule has 4 heteroatoms. The van der Waals surface area contributed by atoms with Crippen LogP contribution in [-0.2, 0) is 4.74 Å². The van der Waals surface area contributed by atoms with Crippen LogP contribution in [0.5, 0.6) is 0 Å². The van der Waals surface area contributed by atoms with Gasteiger partial charge in [0.25, 0.3) is 0 Å². The Labute approximate surface area is 101 Å². The van der Waals surface area contributed by atoms with E-state index in [4.69, 9.17) is 16.3 Å². The number of hydrogen-bond donors (Lipinski definition) is 1. The number of halogens is 1. The number of nitrogens with zero attached hydrogens (tertiary/aromatic N) is 1. The zero-order valence-corrected chi connectivity index (χ0v) is 10.00. The van der Waals surface area contributed by atoms with Crippen molar-refractivity contribution in [3.8, 4) is 0 Å². The van der Waals surface area contributed by atoms with E-state index in [2.05, 4.69) is 23.5 Å².